The summed E-state index contributed by atoms with van der Waals surface area (Å²) in [7, 11) is 0. The summed E-state index contributed by atoms with van der Waals surface area (Å²) in [5.41, 5.74) is 1.84. The summed E-state index contributed by atoms with van der Waals surface area (Å²) >= 11 is 0.707. The van der Waals surface area contributed by atoms with E-state index in [0.717, 1.165) is 11.6 Å². The topological polar surface area (TPSA) is 70.8 Å². The fourth-order valence-corrected chi connectivity index (χ4v) is 6.68. The molecule has 0 radical (unpaired) electrons. The van der Waals surface area contributed by atoms with Gasteiger partial charge in [0.1, 0.15) is 16.6 Å². The fourth-order valence-electron chi connectivity index (χ4n) is 5.41. The molecule has 192 valence electrons. The first kappa shape index (κ1) is 25.0. The van der Waals surface area contributed by atoms with Gasteiger partial charge in [-0.3, -0.25) is 9.58 Å². The predicted molar refractivity (Wildman–Crippen MR) is 126 cm³/mol. The Hall–Kier alpha value is -1.72. The van der Waals surface area contributed by atoms with Crippen molar-refractivity contribution in [1.29, 1.82) is 0 Å². The second kappa shape index (κ2) is 9.30. The highest BCUT2D eigenvalue weighted by Crippen LogP contribution is 2.51. The lowest BCUT2D eigenvalue weighted by Gasteiger charge is -2.47. The second-order valence-electron chi connectivity index (χ2n) is 10.3. The number of thiophene rings is 1. The van der Waals surface area contributed by atoms with E-state index >= 15 is 0 Å². The van der Waals surface area contributed by atoms with E-state index in [1.54, 1.807) is 4.68 Å². The minimum absolute atomic E-state index is 0.0114. The second-order valence-corrected chi connectivity index (χ2v) is 11.4. The molecule has 2 aliphatic heterocycles. The Morgan fingerprint density at radius 3 is 2.86 bits per heavy atom. The van der Waals surface area contributed by atoms with E-state index in [9.17, 15) is 23.4 Å². The van der Waals surface area contributed by atoms with Crippen LogP contribution in [-0.4, -0.2) is 50.2 Å². The Balaban J connectivity index is 1.24. The van der Waals surface area contributed by atoms with Gasteiger partial charge in [-0.2, -0.15) is 18.3 Å². The van der Waals surface area contributed by atoms with Crippen LogP contribution < -0.4 is 0 Å². The van der Waals surface area contributed by atoms with Crippen LogP contribution in [0, 0.1) is 5.92 Å². The van der Waals surface area contributed by atoms with Crippen molar-refractivity contribution in [2.45, 2.75) is 82.6 Å². The molecule has 4 heterocycles. The van der Waals surface area contributed by atoms with Crippen molar-refractivity contribution in [3.63, 3.8) is 0 Å². The first-order valence-electron chi connectivity index (χ1n) is 12.2. The number of nitrogens with zero attached hydrogens (tertiary/aromatic N) is 3. The van der Waals surface area contributed by atoms with E-state index in [1.165, 1.54) is 18.4 Å². The number of hydrogen-bond acceptors (Lipinski definition) is 6. The van der Waals surface area contributed by atoms with Crippen LogP contribution in [-0.2, 0) is 29.6 Å². The van der Waals surface area contributed by atoms with Crippen LogP contribution in [0.25, 0.3) is 0 Å². The number of halogens is 3. The molecule has 1 saturated heterocycles. The Bertz CT molecular complexity index is 1090. The molecule has 2 aromatic rings. The highest BCUT2D eigenvalue weighted by Gasteiger charge is 2.48. The highest BCUT2D eigenvalue weighted by molar-refractivity contribution is 7.12. The SMILES string of the molecule is C/C(=C\C(O)Cn1cc(CN2CC[C@]3(C[C@@H]2C)OC[C@@H](O)c2cc(C(F)(F)F)sc23)cn1)C1CC1. The lowest BCUT2D eigenvalue weighted by Crippen LogP contribution is -2.50. The number of fused-ring (bicyclic) bond motifs is 2. The van der Waals surface area contributed by atoms with Gasteiger partial charge in [0.15, 0.2) is 0 Å². The number of aromatic nitrogens is 2. The number of hydrogen-bond donors (Lipinski definition) is 2. The maximum atomic E-state index is 13.4. The minimum Gasteiger partial charge on any atom is -0.387 e. The van der Waals surface area contributed by atoms with E-state index in [0.29, 0.717) is 60.2 Å². The third kappa shape index (κ3) is 5.22. The standard InChI is InChI=1S/C25H32F3N3O3S/c1-15(18-3-4-18)7-19(32)13-31-12-17(10-29-31)11-30-6-5-24(9-16(30)2)23-20(21(33)14-34-24)8-22(35-23)25(26,27)28/h7-8,10,12,16,18-19,21,32-33H,3-6,9,11,13-14H2,1-2H3/b15-7+/t16-,19?,21+,24+/m0/s1. The molecule has 6 nitrogen and oxygen atoms in total. The first-order chi connectivity index (χ1) is 16.5. The smallest absolute Gasteiger partial charge is 0.387 e. The van der Waals surface area contributed by atoms with Crippen LogP contribution in [0.1, 0.15) is 66.5 Å². The van der Waals surface area contributed by atoms with Crippen molar-refractivity contribution in [2.24, 2.45) is 5.92 Å². The monoisotopic (exact) mass is 511 g/mol. The lowest BCUT2D eigenvalue weighted by atomic mass is 9.81. The quantitative estimate of drug-likeness (QED) is 0.554. The van der Waals surface area contributed by atoms with Crippen molar-refractivity contribution >= 4 is 11.3 Å². The highest BCUT2D eigenvalue weighted by atomic mass is 32.1. The van der Waals surface area contributed by atoms with Crippen molar-refractivity contribution in [2.75, 3.05) is 13.2 Å². The van der Waals surface area contributed by atoms with Gasteiger partial charge in [-0.15, -0.1) is 11.3 Å². The number of ether oxygens (including phenoxy) is 1. The molecule has 2 N–H and O–H groups in total. The van der Waals surface area contributed by atoms with E-state index in [2.05, 4.69) is 23.8 Å². The normalized spacial score (nSPS) is 28.9. The summed E-state index contributed by atoms with van der Waals surface area (Å²) in [5.74, 6) is 0.628. The van der Waals surface area contributed by atoms with Crippen molar-refractivity contribution in [3.8, 4) is 0 Å². The molecular weight excluding hydrogens is 479 g/mol. The fraction of sp³-hybridized carbons (Fsp3) is 0.640. The molecule has 1 aliphatic carbocycles. The number of likely N-dealkylation sites (tertiary alicyclic amines) is 1. The van der Waals surface area contributed by atoms with Crippen LogP contribution in [0.15, 0.2) is 30.1 Å². The predicted octanol–water partition coefficient (Wildman–Crippen LogP) is 4.62. The van der Waals surface area contributed by atoms with Gasteiger partial charge in [0.05, 0.1) is 25.5 Å². The van der Waals surface area contributed by atoms with Crippen LogP contribution >= 0.6 is 11.3 Å². The van der Waals surface area contributed by atoms with Gasteiger partial charge in [-0.05, 0) is 51.5 Å². The zero-order chi connectivity index (χ0) is 25.0. The molecule has 1 unspecified atom stereocenters. The summed E-state index contributed by atoms with van der Waals surface area (Å²) in [6, 6.07) is 1.16. The Morgan fingerprint density at radius 2 is 2.17 bits per heavy atom. The van der Waals surface area contributed by atoms with Crippen LogP contribution in [0.5, 0.6) is 0 Å². The average Bonchev–Trinajstić information content (AvgIpc) is 3.37. The average molecular weight is 512 g/mol. The van der Waals surface area contributed by atoms with Crippen LogP contribution in [0.2, 0.25) is 0 Å². The van der Waals surface area contributed by atoms with Crippen molar-refractivity contribution in [3.05, 3.63) is 51.0 Å². The third-order valence-electron chi connectivity index (χ3n) is 7.50. The zero-order valence-corrected chi connectivity index (χ0v) is 20.8. The molecule has 5 rings (SSSR count). The first-order valence-corrected chi connectivity index (χ1v) is 13.0. The van der Waals surface area contributed by atoms with Gasteiger partial charge in [0, 0.05) is 41.3 Å². The molecule has 0 amide bonds. The van der Waals surface area contributed by atoms with Gasteiger partial charge in [-0.1, -0.05) is 11.6 Å². The number of alkyl halides is 3. The molecule has 2 fully saturated rings. The molecule has 0 bridgehead atoms. The van der Waals surface area contributed by atoms with Gasteiger partial charge in [0.2, 0.25) is 0 Å². The van der Waals surface area contributed by atoms with Gasteiger partial charge in [0.25, 0.3) is 0 Å². The van der Waals surface area contributed by atoms with Gasteiger partial charge < -0.3 is 14.9 Å². The van der Waals surface area contributed by atoms with E-state index in [1.807, 2.05) is 18.5 Å². The summed E-state index contributed by atoms with van der Waals surface area (Å²) < 4.78 is 47.9. The number of piperidine rings is 1. The Kier molecular flexibility index (Phi) is 6.63. The molecule has 10 heteroatoms. The molecule has 1 spiro atoms. The maximum absolute atomic E-state index is 13.4. The molecule has 1 saturated carbocycles. The zero-order valence-electron chi connectivity index (χ0n) is 20.0. The van der Waals surface area contributed by atoms with Crippen LogP contribution in [0.4, 0.5) is 13.2 Å². The molecule has 4 atom stereocenters. The van der Waals surface area contributed by atoms with Crippen LogP contribution in [0.3, 0.4) is 0 Å². The van der Waals surface area contributed by atoms with Gasteiger partial charge in [-0.25, -0.2) is 0 Å². The van der Waals surface area contributed by atoms with E-state index in [4.69, 9.17) is 4.74 Å². The number of aliphatic hydroxyl groups excluding tert-OH is 2. The minimum atomic E-state index is -4.44. The number of allylic oxidation sites excluding steroid dienone is 1. The molecular formula is C25H32F3N3O3S. The Morgan fingerprint density at radius 1 is 1.40 bits per heavy atom. The van der Waals surface area contributed by atoms with E-state index < -0.39 is 28.9 Å². The maximum Gasteiger partial charge on any atom is 0.425 e. The largest absolute Gasteiger partial charge is 0.425 e. The molecule has 3 aliphatic rings. The summed E-state index contributed by atoms with van der Waals surface area (Å²) in [4.78, 5) is 2.12. The Labute approximate surface area is 207 Å². The van der Waals surface area contributed by atoms with Crippen molar-refractivity contribution < 1.29 is 28.1 Å². The molecule has 0 aromatic carbocycles. The number of rotatable bonds is 6. The van der Waals surface area contributed by atoms with Gasteiger partial charge >= 0.3 is 6.18 Å². The molecule has 35 heavy (non-hydrogen) atoms. The molecule has 2 aromatic heterocycles. The summed E-state index contributed by atoms with van der Waals surface area (Å²) in [6.45, 7) is 5.87. The third-order valence-corrected chi connectivity index (χ3v) is 8.89. The summed E-state index contributed by atoms with van der Waals surface area (Å²) in [6.07, 6.45) is 3.18. The summed E-state index contributed by atoms with van der Waals surface area (Å²) in [5, 5.41) is 25.1. The number of aliphatic hydroxyl groups is 2. The van der Waals surface area contributed by atoms with E-state index in [-0.39, 0.29) is 12.6 Å². The van der Waals surface area contributed by atoms with Crippen molar-refractivity contribution in [1.82, 2.24) is 14.7 Å². The lowest BCUT2D eigenvalue weighted by molar-refractivity contribution is -0.139.